The van der Waals surface area contributed by atoms with Gasteiger partial charge in [0.1, 0.15) is 13.4 Å². The molecule has 0 saturated heterocycles. The number of carbonyl (C=O) groups is 1. The average molecular weight is 326 g/mol. The second-order valence-electron chi connectivity index (χ2n) is 4.56. The molecule has 2 N–H and O–H groups in total. The summed E-state index contributed by atoms with van der Waals surface area (Å²) < 4.78 is 0.830. The van der Waals surface area contributed by atoms with Crippen molar-refractivity contribution in [2.75, 3.05) is 7.05 Å². The van der Waals surface area contributed by atoms with E-state index in [0.717, 1.165) is 9.35 Å². The van der Waals surface area contributed by atoms with Crippen LogP contribution in [0.5, 0.6) is 0 Å². The molecule has 2 radical (unpaired) electrons. The van der Waals surface area contributed by atoms with Crippen molar-refractivity contribution in [3.63, 3.8) is 0 Å². The molecule has 1 aromatic rings. The maximum absolute atomic E-state index is 12.2. The van der Waals surface area contributed by atoms with Gasteiger partial charge in [-0.1, -0.05) is 28.3 Å². The molecular weight excluding hydrogens is 313 g/mol. The van der Waals surface area contributed by atoms with E-state index in [2.05, 4.69) is 20.9 Å². The fourth-order valence-corrected chi connectivity index (χ4v) is 3.70. The van der Waals surface area contributed by atoms with Crippen LogP contribution in [0, 0.1) is 5.92 Å². The zero-order valence-corrected chi connectivity index (χ0v) is 12.8. The Morgan fingerprint density at radius 1 is 1.67 bits per heavy atom. The van der Waals surface area contributed by atoms with Crippen molar-refractivity contribution in [2.24, 2.45) is 16.6 Å². The van der Waals surface area contributed by atoms with Crippen LogP contribution in [0.15, 0.2) is 14.8 Å². The lowest BCUT2D eigenvalue weighted by Crippen LogP contribution is -2.53. The zero-order chi connectivity index (χ0) is 13.7. The van der Waals surface area contributed by atoms with Crippen molar-refractivity contribution in [1.29, 1.82) is 0 Å². The highest BCUT2D eigenvalue weighted by molar-refractivity contribution is 9.10. The van der Waals surface area contributed by atoms with Gasteiger partial charge in [-0.15, -0.1) is 11.3 Å². The second-order valence-corrected chi connectivity index (χ2v) is 6.30. The van der Waals surface area contributed by atoms with E-state index in [0.29, 0.717) is 5.46 Å². The highest BCUT2D eigenvalue weighted by atomic mass is 79.9. The third-order valence-electron chi connectivity index (χ3n) is 3.48. The summed E-state index contributed by atoms with van der Waals surface area (Å²) in [5.41, 5.74) is 5.74. The molecule has 4 nitrogen and oxygen atoms in total. The number of amides is 1. The lowest BCUT2D eigenvalue weighted by atomic mass is 9.79. The smallest absolute Gasteiger partial charge is 0.234 e. The van der Waals surface area contributed by atoms with E-state index in [1.54, 1.807) is 7.05 Å². The number of nitrogens with two attached hydrogens (primary N) is 1. The molecule has 0 spiro atoms. The number of halogens is 1. The van der Waals surface area contributed by atoms with E-state index >= 15 is 0 Å². The third kappa shape index (κ3) is 1.80. The van der Waals surface area contributed by atoms with Crippen LogP contribution in [0.2, 0.25) is 0 Å². The Labute approximate surface area is 120 Å². The molecule has 0 aliphatic carbocycles. The summed E-state index contributed by atoms with van der Waals surface area (Å²) >= 11 is 4.86. The minimum atomic E-state index is -0.700. The van der Waals surface area contributed by atoms with Crippen LogP contribution in [-0.4, -0.2) is 31.7 Å². The molecule has 94 valence electrons. The highest BCUT2D eigenvalue weighted by Crippen LogP contribution is 2.39. The van der Waals surface area contributed by atoms with Gasteiger partial charge >= 0.3 is 0 Å². The van der Waals surface area contributed by atoms with Crippen LogP contribution in [0.3, 0.4) is 0 Å². The fourth-order valence-electron chi connectivity index (χ4n) is 2.04. The van der Waals surface area contributed by atoms with Crippen molar-refractivity contribution in [3.8, 4) is 0 Å². The van der Waals surface area contributed by atoms with Crippen LogP contribution < -0.4 is 11.2 Å². The number of hydrogen-bond acceptors (Lipinski definition) is 4. The van der Waals surface area contributed by atoms with Crippen LogP contribution >= 0.6 is 27.3 Å². The van der Waals surface area contributed by atoms with Gasteiger partial charge in [0.25, 0.3) is 0 Å². The van der Waals surface area contributed by atoms with Crippen LogP contribution in [0.1, 0.15) is 18.7 Å². The fraction of sp³-hybridized carbons (Fsp3) is 0.455. The molecule has 0 saturated carbocycles. The Morgan fingerprint density at radius 2 is 2.28 bits per heavy atom. The Morgan fingerprint density at radius 3 is 2.78 bits per heavy atom. The molecule has 0 bridgehead atoms. The minimum absolute atomic E-state index is 0.0473. The van der Waals surface area contributed by atoms with Gasteiger partial charge < -0.3 is 5.73 Å². The topological polar surface area (TPSA) is 58.7 Å². The predicted octanol–water partition coefficient (Wildman–Crippen LogP) is 0.942. The van der Waals surface area contributed by atoms with E-state index in [-0.39, 0.29) is 17.8 Å². The van der Waals surface area contributed by atoms with Gasteiger partial charge in [-0.25, -0.2) is 4.99 Å². The molecule has 2 rings (SSSR count). The second kappa shape index (κ2) is 4.38. The number of carbonyl (C=O) groups excluding carboxylic acids is 1. The lowest BCUT2D eigenvalue weighted by molar-refractivity contribution is -0.133. The average Bonchev–Trinajstić information content (AvgIpc) is 2.65. The molecule has 18 heavy (non-hydrogen) atoms. The Kier molecular flexibility index (Phi) is 3.31. The van der Waals surface area contributed by atoms with Gasteiger partial charge in [-0.05, 0) is 6.92 Å². The van der Waals surface area contributed by atoms with Crippen LogP contribution in [-0.2, 0) is 10.3 Å². The largest absolute Gasteiger partial charge is 0.369 e. The molecule has 0 unspecified atom stereocenters. The summed E-state index contributed by atoms with van der Waals surface area (Å²) in [5.74, 6) is -0.124. The monoisotopic (exact) mass is 325 g/mol. The summed E-state index contributed by atoms with van der Waals surface area (Å²) in [7, 11) is 7.66. The van der Waals surface area contributed by atoms with Gasteiger partial charge in [-0.3, -0.25) is 9.69 Å². The van der Waals surface area contributed by atoms with E-state index in [1.807, 2.05) is 19.2 Å². The molecule has 2 heterocycles. The quantitative estimate of drug-likeness (QED) is 0.781. The lowest BCUT2D eigenvalue weighted by Gasteiger charge is -2.38. The van der Waals surface area contributed by atoms with Crippen molar-refractivity contribution >= 4 is 52.4 Å². The summed E-state index contributed by atoms with van der Waals surface area (Å²) in [6, 6.07) is 0. The van der Waals surface area contributed by atoms with Crippen molar-refractivity contribution in [2.45, 2.75) is 19.4 Å². The number of guanidine groups is 1. The molecule has 1 aromatic heterocycles. The number of aliphatic imine (C=N–C) groups is 1. The summed E-state index contributed by atoms with van der Waals surface area (Å²) in [5, 5.41) is 1.90. The maximum Gasteiger partial charge on any atom is 0.234 e. The standard InChI is InChI=1S/C11H13BBrN3OS/c1-5-9(17)16(3)10(14)15-11(5,2)8-7(12)6(13)4-18-8/h4-5H,1-3H3,(H2,14,15)/t5-,11-/m0/s1. The van der Waals surface area contributed by atoms with E-state index in [4.69, 9.17) is 13.6 Å². The third-order valence-corrected chi connectivity index (χ3v) is 5.66. The molecule has 1 aliphatic heterocycles. The molecule has 0 aromatic carbocycles. The molecule has 0 fully saturated rings. The van der Waals surface area contributed by atoms with Crippen molar-refractivity contribution < 1.29 is 4.79 Å². The predicted molar refractivity (Wildman–Crippen MR) is 78.3 cm³/mol. The first-order chi connectivity index (χ1) is 8.29. The van der Waals surface area contributed by atoms with Gasteiger partial charge in [0, 0.05) is 21.8 Å². The SMILES string of the molecule is [B]c1c(Br)csc1[C@@]1(C)N=C(N)N(C)C(=O)[C@@H]1C. The number of thiophene rings is 1. The van der Waals surface area contributed by atoms with Gasteiger partial charge in [0.05, 0.1) is 5.92 Å². The van der Waals surface area contributed by atoms with Crippen molar-refractivity contribution in [1.82, 2.24) is 4.90 Å². The Bertz CT molecular complexity index is 544. The van der Waals surface area contributed by atoms with Crippen LogP contribution in [0.25, 0.3) is 0 Å². The summed E-state index contributed by atoms with van der Waals surface area (Å²) in [4.78, 5) is 18.9. The highest BCUT2D eigenvalue weighted by Gasteiger charge is 2.44. The minimum Gasteiger partial charge on any atom is -0.369 e. The van der Waals surface area contributed by atoms with Gasteiger partial charge in [-0.2, -0.15) is 0 Å². The van der Waals surface area contributed by atoms with E-state index in [1.165, 1.54) is 16.2 Å². The molecule has 1 aliphatic rings. The van der Waals surface area contributed by atoms with E-state index in [9.17, 15) is 4.79 Å². The van der Waals surface area contributed by atoms with E-state index < -0.39 is 5.54 Å². The number of nitrogens with zero attached hydrogens (tertiary/aromatic N) is 2. The number of hydrogen-bond donors (Lipinski definition) is 1. The molecule has 7 heteroatoms. The molecule has 1 amide bonds. The van der Waals surface area contributed by atoms with Gasteiger partial charge in [0.15, 0.2) is 5.96 Å². The van der Waals surface area contributed by atoms with Gasteiger partial charge in [0.2, 0.25) is 5.91 Å². The van der Waals surface area contributed by atoms with Crippen LogP contribution in [0.4, 0.5) is 0 Å². The maximum atomic E-state index is 12.2. The Balaban J connectivity index is 2.60. The first kappa shape index (κ1) is 13.6. The Hall–Kier alpha value is -0.815. The molecule has 2 atom stereocenters. The first-order valence-electron chi connectivity index (χ1n) is 5.45. The molecular formula is C11H13BBrN3OS. The normalized spacial score (nSPS) is 28.4. The first-order valence-corrected chi connectivity index (χ1v) is 7.12. The summed E-state index contributed by atoms with van der Waals surface area (Å²) in [6.45, 7) is 3.74. The summed E-state index contributed by atoms with van der Waals surface area (Å²) in [6.07, 6.45) is 0. The van der Waals surface area contributed by atoms with Crippen molar-refractivity contribution in [3.05, 3.63) is 14.7 Å². The zero-order valence-electron chi connectivity index (χ0n) is 10.4. The number of rotatable bonds is 1.